The number of rotatable bonds is 9. The number of halogens is 4. The predicted molar refractivity (Wildman–Crippen MR) is 143 cm³/mol. The van der Waals surface area contributed by atoms with E-state index in [1.807, 2.05) is 0 Å². The smallest absolute Gasteiger partial charge is 0.421 e. The van der Waals surface area contributed by atoms with Crippen LogP contribution in [0.2, 0.25) is 0 Å². The first-order chi connectivity index (χ1) is 19.3. The van der Waals surface area contributed by atoms with Crippen molar-refractivity contribution in [3.05, 3.63) is 71.1 Å². The molecule has 7 nitrogen and oxygen atoms in total. The van der Waals surface area contributed by atoms with Gasteiger partial charge in [-0.15, -0.1) is 0 Å². The van der Waals surface area contributed by atoms with Crippen LogP contribution in [0.15, 0.2) is 47.4 Å². The first-order valence-corrected chi connectivity index (χ1v) is 13.5. The maximum Gasteiger partial charge on any atom is 0.421 e. The Balaban J connectivity index is 1.66. The molecule has 1 fully saturated rings. The molecule has 1 amide bonds. The van der Waals surface area contributed by atoms with Crippen LogP contribution in [0, 0.1) is 17.7 Å². The van der Waals surface area contributed by atoms with Crippen LogP contribution in [0.5, 0.6) is 11.6 Å². The van der Waals surface area contributed by atoms with E-state index in [1.165, 1.54) is 23.6 Å². The van der Waals surface area contributed by atoms with E-state index in [0.29, 0.717) is 25.2 Å². The van der Waals surface area contributed by atoms with Crippen LogP contribution in [-0.2, 0) is 23.8 Å². The summed E-state index contributed by atoms with van der Waals surface area (Å²) in [5, 5.41) is 9.94. The number of benzene rings is 1. The molecule has 11 heteroatoms. The van der Waals surface area contributed by atoms with Gasteiger partial charge < -0.3 is 19.2 Å². The number of carboxylic acid groups (broad SMARTS) is 1. The van der Waals surface area contributed by atoms with Crippen LogP contribution < -0.4 is 9.64 Å². The summed E-state index contributed by atoms with van der Waals surface area (Å²) < 4.78 is 67.4. The van der Waals surface area contributed by atoms with Crippen molar-refractivity contribution in [2.75, 3.05) is 4.90 Å². The number of carboxylic acids is 1. The van der Waals surface area contributed by atoms with Crippen molar-refractivity contribution in [1.29, 1.82) is 0 Å². The van der Waals surface area contributed by atoms with Crippen molar-refractivity contribution in [3.63, 3.8) is 0 Å². The van der Waals surface area contributed by atoms with Crippen LogP contribution in [0.1, 0.15) is 73.5 Å². The standard InChI is InChI=1S/C30H32F4N2O5/c1-17(2)36(28(37)21-8-4-18(3)5-9-21)25-14-24(31)26(13-22(25)29(38)39)41-27-23(30(32,33)34)12-20(15-35-27)7-6-19-10-11-40-16-19/h10-18,21H,4-9H2,1-3H3,(H,38,39). The molecule has 4 rings (SSSR count). The van der Waals surface area contributed by atoms with Crippen LogP contribution in [0.25, 0.3) is 0 Å². The Morgan fingerprint density at radius 3 is 2.39 bits per heavy atom. The summed E-state index contributed by atoms with van der Waals surface area (Å²) in [6.07, 6.45) is 2.91. The lowest BCUT2D eigenvalue weighted by Gasteiger charge is -2.34. The van der Waals surface area contributed by atoms with E-state index in [9.17, 15) is 27.9 Å². The molecule has 41 heavy (non-hydrogen) atoms. The molecule has 0 aliphatic heterocycles. The molecule has 1 aliphatic carbocycles. The van der Waals surface area contributed by atoms with Gasteiger partial charge in [-0.3, -0.25) is 4.79 Å². The van der Waals surface area contributed by atoms with E-state index in [2.05, 4.69) is 11.9 Å². The fraction of sp³-hybridized carbons (Fsp3) is 0.433. The molecule has 0 atom stereocenters. The third-order valence-corrected chi connectivity index (χ3v) is 7.36. The molecule has 0 unspecified atom stereocenters. The highest BCUT2D eigenvalue weighted by atomic mass is 19.4. The number of amides is 1. The number of pyridine rings is 1. The average molecular weight is 577 g/mol. The van der Waals surface area contributed by atoms with Gasteiger partial charge in [-0.25, -0.2) is 14.2 Å². The zero-order valence-corrected chi connectivity index (χ0v) is 23.0. The molecule has 1 aliphatic rings. The van der Waals surface area contributed by atoms with Gasteiger partial charge in [0.05, 0.1) is 23.8 Å². The normalized spacial score (nSPS) is 17.5. The Morgan fingerprint density at radius 2 is 1.80 bits per heavy atom. The van der Waals surface area contributed by atoms with Crippen LogP contribution in [0.4, 0.5) is 23.2 Å². The second kappa shape index (κ2) is 12.3. The molecule has 0 saturated heterocycles. The molecule has 1 N–H and O–H groups in total. The van der Waals surface area contributed by atoms with Gasteiger partial charge in [0, 0.05) is 30.3 Å². The van der Waals surface area contributed by atoms with E-state index >= 15 is 4.39 Å². The van der Waals surface area contributed by atoms with Gasteiger partial charge in [0.1, 0.15) is 5.56 Å². The van der Waals surface area contributed by atoms with E-state index < -0.39 is 46.8 Å². The molecule has 0 spiro atoms. The lowest BCUT2D eigenvalue weighted by Crippen LogP contribution is -2.43. The topological polar surface area (TPSA) is 92.9 Å². The van der Waals surface area contributed by atoms with Gasteiger partial charge in [0.15, 0.2) is 11.6 Å². The molecule has 220 valence electrons. The predicted octanol–water partition coefficient (Wildman–Crippen LogP) is 7.68. The summed E-state index contributed by atoms with van der Waals surface area (Å²) in [5.41, 5.74) is -0.809. The van der Waals surface area contributed by atoms with Crippen molar-refractivity contribution < 1.29 is 41.4 Å². The van der Waals surface area contributed by atoms with Crippen molar-refractivity contribution in [1.82, 2.24) is 4.98 Å². The van der Waals surface area contributed by atoms with Gasteiger partial charge in [0.2, 0.25) is 11.8 Å². The summed E-state index contributed by atoms with van der Waals surface area (Å²) in [7, 11) is 0. The Hall–Kier alpha value is -3.89. The minimum absolute atomic E-state index is 0.181. The number of anilines is 1. The Morgan fingerprint density at radius 1 is 1.12 bits per heavy atom. The molecule has 2 heterocycles. The Kier molecular flexibility index (Phi) is 9.04. The summed E-state index contributed by atoms with van der Waals surface area (Å²) in [5.74, 6) is -4.44. The summed E-state index contributed by atoms with van der Waals surface area (Å²) in [6, 6.07) is 3.70. The molecular formula is C30H32F4N2O5. The summed E-state index contributed by atoms with van der Waals surface area (Å²) in [6.45, 7) is 5.47. The van der Waals surface area contributed by atoms with Crippen LogP contribution in [-0.4, -0.2) is 28.0 Å². The second-order valence-electron chi connectivity index (χ2n) is 10.8. The average Bonchev–Trinajstić information content (AvgIpc) is 3.42. The minimum Gasteiger partial charge on any atom is -0.478 e. The van der Waals surface area contributed by atoms with Crippen molar-refractivity contribution >= 4 is 17.6 Å². The van der Waals surface area contributed by atoms with Gasteiger partial charge in [-0.05, 0) is 81.5 Å². The molecule has 1 aromatic carbocycles. The molecular weight excluding hydrogens is 544 g/mol. The van der Waals surface area contributed by atoms with Crippen molar-refractivity contribution in [2.45, 2.75) is 71.5 Å². The number of aromatic nitrogens is 1. The molecule has 0 bridgehead atoms. The maximum absolute atomic E-state index is 15.4. The lowest BCUT2D eigenvalue weighted by atomic mass is 9.82. The number of hydrogen-bond donors (Lipinski definition) is 1. The lowest BCUT2D eigenvalue weighted by molar-refractivity contribution is -0.139. The number of carbonyl (C=O) groups excluding carboxylic acids is 1. The first-order valence-electron chi connectivity index (χ1n) is 13.5. The Labute approximate surface area is 235 Å². The van der Waals surface area contributed by atoms with E-state index in [-0.39, 0.29) is 29.5 Å². The van der Waals surface area contributed by atoms with Gasteiger partial charge in [-0.2, -0.15) is 13.2 Å². The van der Waals surface area contributed by atoms with Crippen LogP contribution in [0.3, 0.4) is 0 Å². The van der Waals surface area contributed by atoms with Crippen LogP contribution >= 0.6 is 0 Å². The van der Waals surface area contributed by atoms with E-state index in [0.717, 1.165) is 36.6 Å². The van der Waals surface area contributed by atoms with Gasteiger partial charge in [0.25, 0.3) is 0 Å². The monoisotopic (exact) mass is 576 g/mol. The summed E-state index contributed by atoms with van der Waals surface area (Å²) >= 11 is 0. The molecule has 0 radical (unpaired) electrons. The quantitative estimate of drug-likeness (QED) is 0.263. The molecule has 3 aromatic rings. The largest absolute Gasteiger partial charge is 0.478 e. The number of nitrogens with zero attached hydrogens (tertiary/aromatic N) is 2. The maximum atomic E-state index is 15.4. The fourth-order valence-corrected chi connectivity index (χ4v) is 5.09. The minimum atomic E-state index is -4.88. The van der Waals surface area contributed by atoms with Gasteiger partial charge in [-0.1, -0.05) is 6.92 Å². The fourth-order valence-electron chi connectivity index (χ4n) is 5.09. The van der Waals surface area contributed by atoms with E-state index in [4.69, 9.17) is 9.15 Å². The van der Waals surface area contributed by atoms with Crippen molar-refractivity contribution in [3.8, 4) is 11.6 Å². The first kappa shape index (κ1) is 30.1. The van der Waals surface area contributed by atoms with Crippen molar-refractivity contribution in [2.24, 2.45) is 11.8 Å². The highest BCUT2D eigenvalue weighted by molar-refractivity contribution is 6.03. The van der Waals surface area contributed by atoms with E-state index in [1.54, 1.807) is 19.9 Å². The SMILES string of the molecule is CC1CCC(C(=O)N(c2cc(F)c(Oc3ncc(CCc4ccoc4)cc3C(F)(F)F)cc2C(=O)O)C(C)C)CC1. The number of alkyl halides is 3. The number of aryl methyl sites for hydroxylation is 2. The third-order valence-electron chi connectivity index (χ3n) is 7.36. The number of furan rings is 1. The number of carbonyl (C=O) groups is 2. The zero-order valence-electron chi connectivity index (χ0n) is 23.0. The molecule has 1 saturated carbocycles. The Bertz CT molecular complexity index is 1380. The second-order valence-corrected chi connectivity index (χ2v) is 10.8. The highest BCUT2D eigenvalue weighted by Gasteiger charge is 2.37. The van der Waals surface area contributed by atoms with Gasteiger partial charge >= 0.3 is 12.1 Å². The number of ether oxygens (including phenoxy) is 1. The number of hydrogen-bond acceptors (Lipinski definition) is 5. The summed E-state index contributed by atoms with van der Waals surface area (Å²) in [4.78, 5) is 30.7. The zero-order chi connectivity index (χ0) is 29.9. The third kappa shape index (κ3) is 7.07. The molecule has 2 aromatic heterocycles. The highest BCUT2D eigenvalue weighted by Crippen LogP contribution is 2.40. The number of aromatic carboxylic acids is 1.